The minimum Gasteiger partial charge on any atom is -0.444 e. The molecule has 0 aliphatic carbocycles. The highest BCUT2D eigenvalue weighted by Gasteiger charge is 2.20. The van der Waals surface area contributed by atoms with Gasteiger partial charge in [-0.15, -0.1) is 0 Å². The minimum absolute atomic E-state index is 0.487. The van der Waals surface area contributed by atoms with Crippen molar-refractivity contribution in [2.24, 2.45) is 10.9 Å². The molecular weight excluding hydrogens is 350 g/mol. The second kappa shape index (κ2) is 10.3. The van der Waals surface area contributed by atoms with Crippen molar-refractivity contribution in [2.75, 3.05) is 26.2 Å². The average molecular weight is 384 g/mol. The summed E-state index contributed by atoms with van der Waals surface area (Å²) in [6, 6.07) is 10.4. The molecule has 0 amide bonds. The number of benzene rings is 1. The molecule has 0 radical (unpaired) electrons. The molecule has 0 bridgehead atoms. The van der Waals surface area contributed by atoms with Gasteiger partial charge in [-0.25, -0.2) is 9.98 Å². The van der Waals surface area contributed by atoms with Crippen LogP contribution in [-0.4, -0.2) is 48.1 Å². The molecule has 2 N–H and O–H groups in total. The van der Waals surface area contributed by atoms with Gasteiger partial charge < -0.3 is 15.1 Å². The Labute approximate surface area is 168 Å². The van der Waals surface area contributed by atoms with Gasteiger partial charge in [0.25, 0.3) is 0 Å². The van der Waals surface area contributed by atoms with Crippen molar-refractivity contribution in [3.05, 3.63) is 42.3 Å². The number of oxazole rings is 1. The van der Waals surface area contributed by atoms with Crippen molar-refractivity contribution >= 4 is 5.96 Å². The number of hydrogen-bond acceptors (Lipinski definition) is 4. The lowest BCUT2D eigenvalue weighted by molar-refractivity contribution is 0.139. The number of guanidine groups is 1. The highest BCUT2D eigenvalue weighted by atomic mass is 16.3. The normalized spacial score (nSPS) is 19.4. The van der Waals surface area contributed by atoms with Crippen molar-refractivity contribution < 1.29 is 4.42 Å². The summed E-state index contributed by atoms with van der Waals surface area (Å²) in [6.07, 6.45) is 4.34. The summed E-state index contributed by atoms with van der Waals surface area (Å²) >= 11 is 0. The second-order valence-corrected chi connectivity index (χ2v) is 7.68. The van der Waals surface area contributed by atoms with E-state index in [-0.39, 0.29) is 0 Å². The molecule has 1 aliphatic heterocycles. The monoisotopic (exact) mass is 383 g/mol. The summed E-state index contributed by atoms with van der Waals surface area (Å²) < 4.78 is 5.60. The average Bonchev–Trinajstić information content (AvgIpc) is 3.19. The Kier molecular flexibility index (Phi) is 7.48. The summed E-state index contributed by atoms with van der Waals surface area (Å²) in [4.78, 5) is 11.8. The summed E-state index contributed by atoms with van der Waals surface area (Å²) in [5.41, 5.74) is 1.81. The number of aromatic nitrogens is 1. The van der Waals surface area contributed by atoms with Crippen LogP contribution in [0.1, 0.15) is 39.3 Å². The fraction of sp³-hybridized carbons (Fsp3) is 0.545. The van der Waals surface area contributed by atoms with Gasteiger partial charge in [-0.1, -0.05) is 25.1 Å². The van der Waals surface area contributed by atoms with E-state index >= 15 is 0 Å². The SMILES string of the molecule is CCNC(=NCc1coc(-c2ccccc2)n1)NCC(C)N1CCCC(C)C1. The molecule has 6 nitrogen and oxygen atoms in total. The van der Waals surface area contributed by atoms with E-state index in [4.69, 9.17) is 4.42 Å². The standard InChI is InChI=1S/C22H33N5O/c1-4-23-22(24-13-18(3)27-12-8-9-17(2)15-27)25-14-20-16-28-21(26-20)19-10-6-5-7-11-19/h5-7,10-11,16-18H,4,8-9,12-15H2,1-3H3,(H2,23,24,25). The lowest BCUT2D eigenvalue weighted by atomic mass is 9.99. The zero-order valence-electron chi connectivity index (χ0n) is 17.3. The summed E-state index contributed by atoms with van der Waals surface area (Å²) in [6.45, 7) is 11.3. The van der Waals surface area contributed by atoms with Gasteiger partial charge in [-0.2, -0.15) is 0 Å². The van der Waals surface area contributed by atoms with Gasteiger partial charge in [0.15, 0.2) is 5.96 Å². The molecule has 1 aromatic heterocycles. The predicted molar refractivity (Wildman–Crippen MR) is 114 cm³/mol. The van der Waals surface area contributed by atoms with Gasteiger partial charge in [0, 0.05) is 31.2 Å². The molecule has 1 saturated heterocycles. The van der Waals surface area contributed by atoms with Crippen LogP contribution in [-0.2, 0) is 6.54 Å². The molecular formula is C22H33N5O. The number of rotatable bonds is 7. The lowest BCUT2D eigenvalue weighted by Crippen LogP contribution is -2.48. The van der Waals surface area contributed by atoms with Crippen LogP contribution in [0, 0.1) is 5.92 Å². The number of likely N-dealkylation sites (tertiary alicyclic amines) is 1. The van der Waals surface area contributed by atoms with Crippen LogP contribution >= 0.6 is 0 Å². The van der Waals surface area contributed by atoms with Crippen molar-refractivity contribution in [1.82, 2.24) is 20.5 Å². The molecule has 6 heteroatoms. The molecule has 1 aliphatic rings. The topological polar surface area (TPSA) is 65.7 Å². The molecule has 1 aromatic carbocycles. The van der Waals surface area contributed by atoms with Crippen LogP contribution in [0.25, 0.3) is 11.5 Å². The summed E-state index contributed by atoms with van der Waals surface area (Å²) in [7, 11) is 0. The third-order valence-electron chi connectivity index (χ3n) is 5.19. The van der Waals surface area contributed by atoms with Crippen LogP contribution < -0.4 is 10.6 Å². The maximum atomic E-state index is 5.60. The van der Waals surface area contributed by atoms with Crippen LogP contribution in [0.15, 0.2) is 46.0 Å². The van der Waals surface area contributed by atoms with E-state index in [0.717, 1.165) is 36.2 Å². The number of nitrogens with zero attached hydrogens (tertiary/aromatic N) is 3. The van der Waals surface area contributed by atoms with Gasteiger partial charge in [-0.3, -0.25) is 4.90 Å². The highest BCUT2D eigenvalue weighted by Crippen LogP contribution is 2.18. The molecule has 2 atom stereocenters. The van der Waals surface area contributed by atoms with E-state index in [1.807, 2.05) is 30.3 Å². The third kappa shape index (κ3) is 5.83. The van der Waals surface area contributed by atoms with Gasteiger partial charge in [0.05, 0.1) is 6.54 Å². The van der Waals surface area contributed by atoms with Crippen LogP contribution in [0.3, 0.4) is 0 Å². The van der Waals surface area contributed by atoms with Crippen LogP contribution in [0.2, 0.25) is 0 Å². The maximum absolute atomic E-state index is 5.60. The van der Waals surface area contributed by atoms with Gasteiger partial charge >= 0.3 is 0 Å². The van der Waals surface area contributed by atoms with Gasteiger partial charge in [-0.05, 0) is 51.3 Å². The van der Waals surface area contributed by atoms with E-state index in [1.54, 1.807) is 6.26 Å². The molecule has 152 valence electrons. The minimum atomic E-state index is 0.487. The van der Waals surface area contributed by atoms with Gasteiger partial charge in [0.2, 0.25) is 5.89 Å². The highest BCUT2D eigenvalue weighted by molar-refractivity contribution is 5.79. The first kappa shape index (κ1) is 20.4. The Morgan fingerprint density at radius 2 is 2.14 bits per heavy atom. The molecule has 2 aromatic rings. The van der Waals surface area contributed by atoms with E-state index in [2.05, 4.69) is 46.3 Å². The second-order valence-electron chi connectivity index (χ2n) is 7.68. The first-order valence-electron chi connectivity index (χ1n) is 10.4. The summed E-state index contributed by atoms with van der Waals surface area (Å²) in [5, 5.41) is 6.80. The molecule has 2 heterocycles. The Hall–Kier alpha value is -2.34. The molecule has 0 saturated carbocycles. The fourth-order valence-electron chi connectivity index (χ4n) is 3.59. The van der Waals surface area contributed by atoms with Crippen molar-refractivity contribution in [2.45, 2.75) is 46.2 Å². The first-order chi connectivity index (χ1) is 13.7. The van der Waals surface area contributed by atoms with Crippen LogP contribution in [0.4, 0.5) is 0 Å². The molecule has 28 heavy (non-hydrogen) atoms. The quantitative estimate of drug-likeness (QED) is 0.566. The number of piperidine rings is 1. The Morgan fingerprint density at radius 3 is 2.89 bits per heavy atom. The zero-order chi connectivity index (χ0) is 19.8. The largest absolute Gasteiger partial charge is 0.444 e. The Morgan fingerprint density at radius 1 is 1.32 bits per heavy atom. The van der Waals surface area contributed by atoms with Crippen molar-refractivity contribution in [1.29, 1.82) is 0 Å². The molecule has 2 unspecified atom stereocenters. The number of hydrogen-bond donors (Lipinski definition) is 2. The smallest absolute Gasteiger partial charge is 0.226 e. The molecule has 0 spiro atoms. The Bertz CT molecular complexity index is 742. The fourth-order valence-corrected chi connectivity index (χ4v) is 3.59. The predicted octanol–water partition coefficient (Wildman–Crippen LogP) is 3.52. The first-order valence-corrected chi connectivity index (χ1v) is 10.4. The summed E-state index contributed by atoms with van der Waals surface area (Å²) in [5.74, 6) is 2.25. The Balaban J connectivity index is 1.54. The maximum Gasteiger partial charge on any atom is 0.226 e. The van der Waals surface area contributed by atoms with Crippen molar-refractivity contribution in [3.63, 3.8) is 0 Å². The molecule has 3 rings (SSSR count). The van der Waals surface area contributed by atoms with E-state index in [1.165, 1.54) is 25.9 Å². The lowest BCUT2D eigenvalue weighted by Gasteiger charge is -2.35. The van der Waals surface area contributed by atoms with Gasteiger partial charge in [0.1, 0.15) is 12.0 Å². The zero-order valence-corrected chi connectivity index (χ0v) is 17.3. The van der Waals surface area contributed by atoms with Crippen LogP contribution in [0.5, 0.6) is 0 Å². The van der Waals surface area contributed by atoms with E-state index < -0.39 is 0 Å². The number of aliphatic imine (C=N–C) groups is 1. The number of nitrogens with one attached hydrogen (secondary N) is 2. The van der Waals surface area contributed by atoms with E-state index in [0.29, 0.717) is 18.5 Å². The van der Waals surface area contributed by atoms with E-state index in [9.17, 15) is 0 Å². The molecule has 1 fully saturated rings. The van der Waals surface area contributed by atoms with Crippen molar-refractivity contribution in [3.8, 4) is 11.5 Å². The third-order valence-corrected chi connectivity index (χ3v) is 5.19.